The van der Waals surface area contributed by atoms with Gasteiger partial charge in [0, 0.05) is 50.6 Å². The molecule has 2 atom stereocenters. The van der Waals surface area contributed by atoms with Gasteiger partial charge in [-0.25, -0.2) is 0 Å². The van der Waals surface area contributed by atoms with Crippen molar-refractivity contribution in [3.63, 3.8) is 0 Å². The van der Waals surface area contributed by atoms with Gasteiger partial charge < -0.3 is 19.2 Å². The molecule has 2 aromatic heterocycles. The van der Waals surface area contributed by atoms with Crippen LogP contribution in [0.2, 0.25) is 0 Å². The van der Waals surface area contributed by atoms with Crippen LogP contribution in [0.25, 0.3) is 39.6 Å². The van der Waals surface area contributed by atoms with E-state index >= 15 is 0 Å². The summed E-state index contributed by atoms with van der Waals surface area (Å²) in [6.07, 6.45) is 29.4. The van der Waals surface area contributed by atoms with Gasteiger partial charge in [-0.1, -0.05) is 127 Å². The van der Waals surface area contributed by atoms with Gasteiger partial charge in [0.1, 0.15) is 5.76 Å². The number of benzene rings is 5. The summed E-state index contributed by atoms with van der Waals surface area (Å²) in [6.45, 7) is 0. The monoisotopic (exact) mass is 751 g/mol. The second-order valence-electron chi connectivity index (χ2n) is 15.9. The minimum Gasteiger partial charge on any atom is -0.454 e. The van der Waals surface area contributed by atoms with E-state index < -0.39 is 0 Å². The molecule has 0 saturated carbocycles. The zero-order valence-electron chi connectivity index (χ0n) is 32.5. The number of aromatic nitrogens is 1. The average Bonchev–Trinajstić information content (AvgIpc) is 3.88. The van der Waals surface area contributed by atoms with Crippen LogP contribution in [0.4, 0.5) is 28.4 Å². The fraction of sp³-hybridized carbons (Fsp3) is 0.148. The van der Waals surface area contributed by atoms with Crippen LogP contribution in [0.15, 0.2) is 180 Å². The Hall–Kier alpha value is -6.78. The first kappa shape index (κ1) is 34.5. The van der Waals surface area contributed by atoms with Gasteiger partial charge in [0.2, 0.25) is 0 Å². The lowest BCUT2D eigenvalue weighted by molar-refractivity contribution is 0.593. The third-order valence-corrected chi connectivity index (χ3v) is 12.4. The molecule has 5 aromatic carbocycles. The SMILES string of the molecule is C1=Cc2c([nH]c3c(N(c4ccccc4)c4ccc(C5=CC(C6=CCC(N(c7ccccc7)c7cccc8c9c(oc78)C=CCC9)C=C6)CC=C5)cc4)cccc23)CC1. The van der Waals surface area contributed by atoms with Crippen LogP contribution < -0.4 is 9.80 Å². The van der Waals surface area contributed by atoms with Crippen LogP contribution in [-0.4, -0.2) is 11.0 Å². The predicted octanol–water partition coefficient (Wildman–Crippen LogP) is 14.4. The molecule has 0 spiro atoms. The maximum atomic E-state index is 6.59. The molecule has 2 heterocycles. The lowest BCUT2D eigenvalue weighted by atomic mass is 9.84. The van der Waals surface area contributed by atoms with E-state index in [0.29, 0.717) is 5.92 Å². The molecule has 58 heavy (non-hydrogen) atoms. The summed E-state index contributed by atoms with van der Waals surface area (Å²) < 4.78 is 6.59. The number of furan rings is 1. The lowest BCUT2D eigenvalue weighted by Gasteiger charge is -2.34. The number of aryl methyl sites for hydroxylation is 2. The zero-order chi connectivity index (χ0) is 38.4. The summed E-state index contributed by atoms with van der Waals surface area (Å²) >= 11 is 0. The van der Waals surface area contributed by atoms with Crippen molar-refractivity contribution in [2.75, 3.05) is 9.80 Å². The molecule has 11 rings (SSSR count). The van der Waals surface area contributed by atoms with Crippen LogP contribution in [0.1, 0.15) is 53.8 Å². The molecule has 7 aromatic rings. The third kappa shape index (κ3) is 6.08. The standard InChI is InChI=1S/C54H45N3O/c1-3-16-41(17-4-1)56(50-25-12-22-47-45-20-7-9-24-49(45)55-53(47)50)43-32-28-37(29-33-43)39-14-11-15-40(36-39)38-30-34-44(35-31-38)57(42-18-5-2-6-19-42)51-26-13-23-48-46-21-8-10-27-52(46)58-54(48)51/h1-7,10-14,16-20,22-23,25-34,36,40,44,55H,8-9,15,21,24,35H2. The molecule has 4 aliphatic carbocycles. The predicted molar refractivity (Wildman–Crippen MR) is 243 cm³/mol. The highest BCUT2D eigenvalue weighted by atomic mass is 16.3. The largest absolute Gasteiger partial charge is 0.454 e. The number of fused-ring (bicyclic) bond motifs is 6. The maximum absolute atomic E-state index is 6.59. The van der Waals surface area contributed by atoms with Gasteiger partial charge in [-0.2, -0.15) is 0 Å². The van der Waals surface area contributed by atoms with E-state index in [-0.39, 0.29) is 6.04 Å². The van der Waals surface area contributed by atoms with E-state index in [2.05, 4.69) is 197 Å². The molecule has 4 nitrogen and oxygen atoms in total. The molecular weight excluding hydrogens is 707 g/mol. The van der Waals surface area contributed by atoms with E-state index in [4.69, 9.17) is 4.42 Å². The van der Waals surface area contributed by atoms with Gasteiger partial charge in [-0.05, 0) is 110 Å². The number of anilines is 5. The smallest absolute Gasteiger partial charge is 0.158 e. The Bertz CT molecular complexity index is 2840. The van der Waals surface area contributed by atoms with E-state index in [9.17, 15) is 0 Å². The number of nitrogens with one attached hydrogen (secondary N) is 1. The van der Waals surface area contributed by atoms with Gasteiger partial charge in [-0.15, -0.1) is 0 Å². The van der Waals surface area contributed by atoms with Crippen molar-refractivity contribution in [3.05, 3.63) is 204 Å². The highest BCUT2D eigenvalue weighted by Crippen LogP contribution is 2.44. The quantitative estimate of drug-likeness (QED) is 0.168. The van der Waals surface area contributed by atoms with Crippen LogP contribution in [0.3, 0.4) is 0 Å². The Morgan fingerprint density at radius 3 is 2.16 bits per heavy atom. The molecule has 0 saturated heterocycles. The van der Waals surface area contributed by atoms with Gasteiger partial charge in [0.25, 0.3) is 0 Å². The number of aromatic amines is 1. The van der Waals surface area contributed by atoms with Gasteiger partial charge in [-0.3, -0.25) is 0 Å². The summed E-state index contributed by atoms with van der Waals surface area (Å²) in [4.78, 5) is 8.67. The van der Waals surface area contributed by atoms with Crippen molar-refractivity contribution >= 4 is 68.0 Å². The van der Waals surface area contributed by atoms with Crippen molar-refractivity contribution in [1.29, 1.82) is 0 Å². The van der Waals surface area contributed by atoms with Crippen LogP contribution in [-0.2, 0) is 12.8 Å². The first-order valence-electron chi connectivity index (χ1n) is 20.8. The van der Waals surface area contributed by atoms with E-state index in [1.165, 1.54) is 55.5 Å². The van der Waals surface area contributed by atoms with E-state index in [0.717, 1.165) is 72.6 Å². The number of para-hydroxylation sites is 4. The summed E-state index contributed by atoms with van der Waals surface area (Å²) in [5, 5.41) is 2.51. The second kappa shape index (κ2) is 14.6. The Morgan fingerprint density at radius 2 is 1.34 bits per heavy atom. The molecule has 4 heteroatoms. The molecule has 2 unspecified atom stereocenters. The fourth-order valence-electron chi connectivity index (χ4n) is 9.56. The van der Waals surface area contributed by atoms with Gasteiger partial charge in [0.15, 0.2) is 5.58 Å². The number of hydrogen-bond donors (Lipinski definition) is 1. The Kier molecular flexibility index (Phi) is 8.69. The summed E-state index contributed by atoms with van der Waals surface area (Å²) in [5.41, 5.74) is 15.8. The normalized spacial score (nSPS) is 18.2. The highest BCUT2D eigenvalue weighted by Gasteiger charge is 2.27. The number of rotatable bonds is 8. The van der Waals surface area contributed by atoms with Crippen LogP contribution in [0.5, 0.6) is 0 Å². The zero-order valence-corrected chi connectivity index (χ0v) is 32.5. The maximum Gasteiger partial charge on any atom is 0.158 e. The number of hydrogen-bond acceptors (Lipinski definition) is 3. The summed E-state index contributed by atoms with van der Waals surface area (Å²) in [5.74, 6) is 1.32. The number of H-pyrrole nitrogens is 1. The van der Waals surface area contributed by atoms with E-state index in [1.807, 2.05) is 0 Å². The first-order valence-corrected chi connectivity index (χ1v) is 20.8. The lowest BCUT2D eigenvalue weighted by Crippen LogP contribution is -2.30. The highest BCUT2D eigenvalue weighted by molar-refractivity contribution is 6.02. The molecule has 0 bridgehead atoms. The minimum atomic E-state index is 0.163. The van der Waals surface area contributed by atoms with E-state index in [1.54, 1.807) is 0 Å². The third-order valence-electron chi connectivity index (χ3n) is 12.4. The molecule has 282 valence electrons. The summed E-state index contributed by atoms with van der Waals surface area (Å²) in [7, 11) is 0. The fourth-order valence-corrected chi connectivity index (χ4v) is 9.56. The van der Waals surface area contributed by atoms with Crippen molar-refractivity contribution in [2.45, 2.75) is 44.6 Å². The van der Waals surface area contributed by atoms with Crippen molar-refractivity contribution < 1.29 is 4.42 Å². The van der Waals surface area contributed by atoms with Gasteiger partial charge >= 0.3 is 0 Å². The molecule has 0 fully saturated rings. The van der Waals surface area contributed by atoms with Crippen molar-refractivity contribution in [2.24, 2.45) is 5.92 Å². The number of nitrogens with zero attached hydrogens (tertiary/aromatic N) is 2. The Labute approximate surface area is 340 Å². The van der Waals surface area contributed by atoms with Gasteiger partial charge in [0.05, 0.1) is 22.9 Å². The Balaban J connectivity index is 0.877. The average molecular weight is 752 g/mol. The van der Waals surface area contributed by atoms with Crippen LogP contribution in [0, 0.1) is 5.92 Å². The first-order chi connectivity index (χ1) is 28.8. The molecule has 0 radical (unpaired) electrons. The molecule has 4 aliphatic rings. The van der Waals surface area contributed by atoms with Crippen molar-refractivity contribution in [1.82, 2.24) is 4.98 Å². The molecular formula is C54H45N3O. The van der Waals surface area contributed by atoms with Crippen LogP contribution >= 0.6 is 0 Å². The number of allylic oxidation sites excluding steroid dienone is 8. The molecule has 1 N–H and O–H groups in total. The second-order valence-corrected chi connectivity index (χ2v) is 15.9. The Morgan fingerprint density at radius 1 is 0.603 bits per heavy atom. The molecule has 0 amide bonds. The minimum absolute atomic E-state index is 0.163. The summed E-state index contributed by atoms with van der Waals surface area (Å²) in [6, 6.07) is 44.1. The molecule has 0 aliphatic heterocycles. The topological polar surface area (TPSA) is 35.4 Å². The van der Waals surface area contributed by atoms with Crippen molar-refractivity contribution in [3.8, 4) is 0 Å².